The standard InChI is InChI=1S/C17H18FNO/c1-11-6-16(18)5-4-12(11)8-17(19)13-2-3-14-9-20-10-15(14)7-13/h2-7,17H,8-10,19H2,1H3. The topological polar surface area (TPSA) is 35.2 Å². The smallest absolute Gasteiger partial charge is 0.123 e. The molecule has 0 radical (unpaired) electrons. The summed E-state index contributed by atoms with van der Waals surface area (Å²) in [5, 5.41) is 0. The highest BCUT2D eigenvalue weighted by molar-refractivity contribution is 5.36. The predicted molar refractivity (Wildman–Crippen MR) is 76.7 cm³/mol. The first-order chi connectivity index (χ1) is 9.63. The number of hydrogen-bond donors (Lipinski definition) is 1. The van der Waals surface area contributed by atoms with Crippen molar-refractivity contribution < 1.29 is 9.13 Å². The van der Waals surface area contributed by atoms with Crippen LogP contribution < -0.4 is 5.73 Å². The van der Waals surface area contributed by atoms with Crippen LogP contribution in [0.3, 0.4) is 0 Å². The van der Waals surface area contributed by atoms with Crippen LogP contribution in [0.4, 0.5) is 4.39 Å². The van der Waals surface area contributed by atoms with Gasteiger partial charge in [-0.15, -0.1) is 0 Å². The van der Waals surface area contributed by atoms with Crippen LogP contribution in [0.2, 0.25) is 0 Å². The molecule has 2 aromatic carbocycles. The van der Waals surface area contributed by atoms with Crippen molar-refractivity contribution in [2.75, 3.05) is 0 Å². The number of nitrogens with two attached hydrogens (primary N) is 1. The molecular formula is C17H18FNO. The molecule has 0 spiro atoms. The Labute approximate surface area is 118 Å². The van der Waals surface area contributed by atoms with E-state index in [1.54, 1.807) is 6.07 Å². The van der Waals surface area contributed by atoms with E-state index in [2.05, 4.69) is 18.2 Å². The summed E-state index contributed by atoms with van der Waals surface area (Å²) in [5.74, 6) is -0.200. The zero-order chi connectivity index (χ0) is 14.1. The van der Waals surface area contributed by atoms with E-state index in [0.717, 1.165) is 16.7 Å². The summed E-state index contributed by atoms with van der Waals surface area (Å²) in [6, 6.07) is 11.1. The molecule has 0 fully saturated rings. The lowest BCUT2D eigenvalue weighted by atomic mass is 9.95. The molecule has 1 atom stereocenters. The highest BCUT2D eigenvalue weighted by atomic mass is 19.1. The average Bonchev–Trinajstić information content (AvgIpc) is 2.89. The molecular weight excluding hydrogens is 253 g/mol. The molecule has 1 unspecified atom stereocenters. The van der Waals surface area contributed by atoms with Crippen LogP contribution in [0.25, 0.3) is 0 Å². The number of ether oxygens (including phenoxy) is 1. The van der Waals surface area contributed by atoms with Crippen LogP contribution in [-0.4, -0.2) is 0 Å². The monoisotopic (exact) mass is 271 g/mol. The van der Waals surface area contributed by atoms with Gasteiger partial charge in [0.2, 0.25) is 0 Å². The first kappa shape index (κ1) is 13.3. The van der Waals surface area contributed by atoms with Crippen LogP contribution in [0.5, 0.6) is 0 Å². The van der Waals surface area contributed by atoms with Gasteiger partial charge in [0.05, 0.1) is 13.2 Å². The fourth-order valence-corrected chi connectivity index (χ4v) is 2.67. The van der Waals surface area contributed by atoms with E-state index in [-0.39, 0.29) is 11.9 Å². The van der Waals surface area contributed by atoms with Gasteiger partial charge in [-0.3, -0.25) is 0 Å². The molecule has 0 saturated carbocycles. The lowest BCUT2D eigenvalue weighted by Crippen LogP contribution is -2.14. The average molecular weight is 271 g/mol. The minimum Gasteiger partial charge on any atom is -0.372 e. The maximum atomic E-state index is 13.1. The molecule has 0 saturated heterocycles. The second kappa shape index (κ2) is 5.35. The molecule has 3 rings (SSSR count). The Hall–Kier alpha value is -1.71. The van der Waals surface area contributed by atoms with Crippen LogP contribution in [0.1, 0.15) is 33.9 Å². The number of aryl methyl sites for hydroxylation is 1. The molecule has 2 N–H and O–H groups in total. The van der Waals surface area contributed by atoms with Gasteiger partial charge in [-0.05, 0) is 53.3 Å². The Bertz CT molecular complexity index is 639. The van der Waals surface area contributed by atoms with Gasteiger partial charge in [0.15, 0.2) is 0 Å². The van der Waals surface area contributed by atoms with Crippen LogP contribution in [0.15, 0.2) is 36.4 Å². The van der Waals surface area contributed by atoms with Gasteiger partial charge < -0.3 is 10.5 Å². The summed E-state index contributed by atoms with van der Waals surface area (Å²) >= 11 is 0. The summed E-state index contributed by atoms with van der Waals surface area (Å²) < 4.78 is 18.5. The Balaban J connectivity index is 1.80. The Morgan fingerprint density at radius 3 is 2.75 bits per heavy atom. The van der Waals surface area contributed by atoms with Crippen molar-refractivity contribution >= 4 is 0 Å². The van der Waals surface area contributed by atoms with E-state index >= 15 is 0 Å². The second-order valence-corrected chi connectivity index (χ2v) is 5.40. The van der Waals surface area contributed by atoms with Gasteiger partial charge in [-0.1, -0.05) is 24.3 Å². The minimum absolute atomic E-state index is 0.0786. The van der Waals surface area contributed by atoms with Gasteiger partial charge in [-0.25, -0.2) is 4.39 Å². The number of fused-ring (bicyclic) bond motifs is 1. The Kier molecular flexibility index (Phi) is 3.55. The van der Waals surface area contributed by atoms with Crippen molar-refractivity contribution in [1.29, 1.82) is 0 Å². The summed E-state index contributed by atoms with van der Waals surface area (Å²) in [6.07, 6.45) is 0.714. The molecule has 1 aliphatic rings. The van der Waals surface area contributed by atoms with Gasteiger partial charge >= 0.3 is 0 Å². The van der Waals surface area contributed by atoms with E-state index in [1.165, 1.54) is 17.2 Å². The minimum atomic E-state index is -0.200. The van der Waals surface area contributed by atoms with E-state index in [0.29, 0.717) is 19.6 Å². The molecule has 2 nitrogen and oxygen atoms in total. The van der Waals surface area contributed by atoms with E-state index in [1.807, 2.05) is 13.0 Å². The normalized spacial score (nSPS) is 15.2. The van der Waals surface area contributed by atoms with Crippen molar-refractivity contribution in [3.05, 3.63) is 70.0 Å². The maximum absolute atomic E-state index is 13.1. The third-order valence-electron chi connectivity index (χ3n) is 3.92. The fraction of sp³-hybridized carbons (Fsp3) is 0.294. The van der Waals surface area contributed by atoms with Crippen molar-refractivity contribution in [2.24, 2.45) is 5.73 Å². The van der Waals surface area contributed by atoms with E-state index < -0.39 is 0 Å². The fourth-order valence-electron chi connectivity index (χ4n) is 2.67. The molecule has 104 valence electrons. The summed E-state index contributed by atoms with van der Waals surface area (Å²) in [4.78, 5) is 0. The first-order valence-electron chi connectivity index (χ1n) is 6.83. The third kappa shape index (κ3) is 2.60. The Morgan fingerprint density at radius 1 is 1.15 bits per heavy atom. The van der Waals surface area contributed by atoms with Crippen LogP contribution in [-0.2, 0) is 24.4 Å². The molecule has 0 aromatic heterocycles. The summed E-state index contributed by atoms with van der Waals surface area (Å²) in [7, 11) is 0. The first-order valence-corrected chi connectivity index (χ1v) is 6.83. The third-order valence-corrected chi connectivity index (χ3v) is 3.92. The molecule has 1 heterocycles. The Morgan fingerprint density at radius 2 is 1.95 bits per heavy atom. The molecule has 1 aliphatic heterocycles. The van der Waals surface area contributed by atoms with Crippen LogP contribution >= 0.6 is 0 Å². The highest BCUT2D eigenvalue weighted by Gasteiger charge is 2.15. The number of benzene rings is 2. The largest absolute Gasteiger partial charge is 0.372 e. The molecule has 0 amide bonds. The van der Waals surface area contributed by atoms with Gasteiger partial charge in [0.25, 0.3) is 0 Å². The number of halogens is 1. The zero-order valence-electron chi connectivity index (χ0n) is 11.5. The second-order valence-electron chi connectivity index (χ2n) is 5.40. The molecule has 0 aliphatic carbocycles. The summed E-state index contributed by atoms with van der Waals surface area (Å²) in [5.41, 5.74) is 11.9. The quantitative estimate of drug-likeness (QED) is 0.928. The zero-order valence-corrected chi connectivity index (χ0v) is 11.5. The van der Waals surface area contributed by atoms with Gasteiger partial charge in [-0.2, -0.15) is 0 Å². The van der Waals surface area contributed by atoms with Crippen molar-refractivity contribution in [2.45, 2.75) is 32.6 Å². The van der Waals surface area contributed by atoms with Gasteiger partial charge in [0, 0.05) is 6.04 Å². The SMILES string of the molecule is Cc1cc(F)ccc1CC(N)c1ccc2c(c1)COC2. The number of hydrogen-bond acceptors (Lipinski definition) is 2. The lowest BCUT2D eigenvalue weighted by molar-refractivity contribution is 0.134. The number of rotatable bonds is 3. The molecule has 0 bridgehead atoms. The van der Waals surface area contributed by atoms with Gasteiger partial charge in [0.1, 0.15) is 5.82 Å². The molecule has 2 aromatic rings. The van der Waals surface area contributed by atoms with Crippen LogP contribution in [0, 0.1) is 12.7 Å². The molecule has 3 heteroatoms. The van der Waals surface area contributed by atoms with Crippen molar-refractivity contribution in [3.63, 3.8) is 0 Å². The van der Waals surface area contributed by atoms with Crippen molar-refractivity contribution in [1.82, 2.24) is 0 Å². The predicted octanol–water partition coefficient (Wildman–Crippen LogP) is 3.41. The van der Waals surface area contributed by atoms with E-state index in [4.69, 9.17) is 10.5 Å². The highest BCUT2D eigenvalue weighted by Crippen LogP contribution is 2.25. The summed E-state index contributed by atoms with van der Waals surface area (Å²) in [6.45, 7) is 3.29. The molecule has 20 heavy (non-hydrogen) atoms. The van der Waals surface area contributed by atoms with Crippen molar-refractivity contribution in [3.8, 4) is 0 Å². The lowest BCUT2D eigenvalue weighted by Gasteiger charge is -2.15. The maximum Gasteiger partial charge on any atom is 0.123 e. The van der Waals surface area contributed by atoms with E-state index in [9.17, 15) is 4.39 Å².